The number of hydrogen-bond acceptors (Lipinski definition) is 3. The summed E-state index contributed by atoms with van der Waals surface area (Å²) in [5.74, 6) is 1.42. The molecule has 3 heteroatoms. The molecular weight excluding hydrogens is 234 g/mol. The molecule has 1 aromatic carbocycles. The van der Waals surface area contributed by atoms with E-state index < -0.39 is 0 Å². The topological polar surface area (TPSA) is 51.8 Å². The van der Waals surface area contributed by atoms with Gasteiger partial charge in [-0.25, -0.2) is 9.97 Å². The molecule has 2 aromatic rings. The molecule has 0 amide bonds. The molecule has 1 aromatic heterocycles. The van der Waals surface area contributed by atoms with Gasteiger partial charge < -0.3 is 5.73 Å². The van der Waals surface area contributed by atoms with E-state index in [1.54, 1.807) is 0 Å². The number of nitrogens with two attached hydrogens (primary N) is 1. The molecule has 0 fully saturated rings. The monoisotopic (exact) mass is 255 g/mol. The number of nitrogen functional groups attached to an aromatic ring is 1. The fourth-order valence-corrected chi connectivity index (χ4v) is 2.10. The van der Waals surface area contributed by atoms with Gasteiger partial charge in [0.1, 0.15) is 11.6 Å². The molecule has 0 aliphatic heterocycles. The first-order valence-corrected chi connectivity index (χ1v) is 6.88. The molecule has 0 saturated heterocycles. The van der Waals surface area contributed by atoms with Crippen molar-refractivity contribution in [2.75, 3.05) is 5.73 Å². The van der Waals surface area contributed by atoms with Crippen molar-refractivity contribution in [1.29, 1.82) is 0 Å². The van der Waals surface area contributed by atoms with Gasteiger partial charge in [0.2, 0.25) is 0 Å². The lowest BCUT2D eigenvalue weighted by Crippen LogP contribution is -2.04. The predicted octanol–water partition coefficient (Wildman–Crippen LogP) is 3.55. The van der Waals surface area contributed by atoms with Crippen LogP contribution >= 0.6 is 0 Å². The molecule has 1 heterocycles. The van der Waals surface area contributed by atoms with Gasteiger partial charge in [-0.15, -0.1) is 0 Å². The zero-order valence-electron chi connectivity index (χ0n) is 11.9. The molecule has 0 spiro atoms. The Morgan fingerprint density at radius 2 is 1.74 bits per heavy atom. The molecule has 0 radical (unpaired) electrons. The van der Waals surface area contributed by atoms with Gasteiger partial charge >= 0.3 is 0 Å². The summed E-state index contributed by atoms with van der Waals surface area (Å²) in [4.78, 5) is 9.01. The van der Waals surface area contributed by atoms with Crippen LogP contribution in [0.3, 0.4) is 0 Å². The first kappa shape index (κ1) is 13.5. The van der Waals surface area contributed by atoms with E-state index >= 15 is 0 Å². The molecule has 100 valence electrons. The van der Waals surface area contributed by atoms with Crippen LogP contribution in [0.2, 0.25) is 0 Å². The second-order valence-electron chi connectivity index (χ2n) is 4.80. The average molecular weight is 255 g/mol. The molecule has 0 atom stereocenters. The van der Waals surface area contributed by atoms with Crippen LogP contribution in [-0.2, 0) is 12.8 Å². The van der Waals surface area contributed by atoms with Gasteiger partial charge in [-0.05, 0) is 25.3 Å². The molecule has 0 bridgehead atoms. The lowest BCUT2D eigenvalue weighted by atomic mass is 10.0. The lowest BCUT2D eigenvalue weighted by molar-refractivity contribution is 0.836. The third-order valence-electron chi connectivity index (χ3n) is 3.34. The largest absolute Gasteiger partial charge is 0.383 e. The van der Waals surface area contributed by atoms with E-state index in [9.17, 15) is 0 Å². The second-order valence-corrected chi connectivity index (χ2v) is 4.80. The maximum Gasteiger partial charge on any atom is 0.131 e. The standard InChI is InChI=1S/C16H21N3/c1-4-6-14-18-15(11(3)16(17)19-14)13-9-7-12(5-2)8-10-13/h7-10H,4-6H2,1-3H3,(H2,17,18,19). The number of benzene rings is 1. The Balaban J connectivity index is 2.47. The molecule has 0 unspecified atom stereocenters. The highest BCUT2D eigenvalue weighted by atomic mass is 15.0. The summed E-state index contributed by atoms with van der Waals surface area (Å²) in [6.07, 6.45) is 2.94. The minimum absolute atomic E-state index is 0.591. The zero-order chi connectivity index (χ0) is 13.8. The third kappa shape index (κ3) is 2.92. The normalized spacial score (nSPS) is 10.7. The highest BCUT2D eigenvalue weighted by Gasteiger charge is 2.10. The Hall–Kier alpha value is -1.90. The van der Waals surface area contributed by atoms with Crippen molar-refractivity contribution in [3.05, 3.63) is 41.2 Å². The quantitative estimate of drug-likeness (QED) is 0.909. The van der Waals surface area contributed by atoms with Crippen molar-refractivity contribution in [1.82, 2.24) is 9.97 Å². The van der Waals surface area contributed by atoms with Crippen LogP contribution in [0.4, 0.5) is 5.82 Å². The molecular formula is C16H21N3. The van der Waals surface area contributed by atoms with E-state index in [1.807, 2.05) is 6.92 Å². The SMILES string of the molecule is CCCc1nc(N)c(C)c(-c2ccc(CC)cc2)n1. The lowest BCUT2D eigenvalue weighted by Gasteiger charge is -2.10. The van der Waals surface area contributed by atoms with Gasteiger partial charge in [0, 0.05) is 17.5 Å². The molecule has 0 saturated carbocycles. The van der Waals surface area contributed by atoms with Gasteiger partial charge in [0.25, 0.3) is 0 Å². The van der Waals surface area contributed by atoms with Crippen molar-refractivity contribution < 1.29 is 0 Å². The summed E-state index contributed by atoms with van der Waals surface area (Å²) < 4.78 is 0. The fourth-order valence-electron chi connectivity index (χ4n) is 2.10. The highest BCUT2D eigenvalue weighted by molar-refractivity contribution is 5.67. The van der Waals surface area contributed by atoms with E-state index in [1.165, 1.54) is 5.56 Å². The molecule has 2 N–H and O–H groups in total. The van der Waals surface area contributed by atoms with Crippen molar-refractivity contribution >= 4 is 5.82 Å². The van der Waals surface area contributed by atoms with Crippen LogP contribution in [0, 0.1) is 6.92 Å². The minimum atomic E-state index is 0.591. The molecule has 0 aliphatic carbocycles. The first-order chi connectivity index (χ1) is 9.15. The minimum Gasteiger partial charge on any atom is -0.383 e. The van der Waals surface area contributed by atoms with Crippen LogP contribution in [0.1, 0.15) is 37.2 Å². The van der Waals surface area contributed by atoms with E-state index in [-0.39, 0.29) is 0 Å². The van der Waals surface area contributed by atoms with E-state index in [0.717, 1.165) is 41.9 Å². The summed E-state index contributed by atoms with van der Waals surface area (Å²) in [6.45, 7) is 6.26. The van der Waals surface area contributed by atoms with Crippen LogP contribution in [0.15, 0.2) is 24.3 Å². The smallest absolute Gasteiger partial charge is 0.131 e. The maximum absolute atomic E-state index is 5.99. The fraction of sp³-hybridized carbons (Fsp3) is 0.375. The summed E-state index contributed by atoms with van der Waals surface area (Å²) >= 11 is 0. The van der Waals surface area contributed by atoms with E-state index in [0.29, 0.717) is 5.82 Å². The molecule has 3 nitrogen and oxygen atoms in total. The van der Waals surface area contributed by atoms with Gasteiger partial charge in [-0.2, -0.15) is 0 Å². The van der Waals surface area contributed by atoms with Crippen molar-refractivity contribution in [3.63, 3.8) is 0 Å². The van der Waals surface area contributed by atoms with Crippen molar-refractivity contribution in [2.24, 2.45) is 0 Å². The van der Waals surface area contributed by atoms with Gasteiger partial charge in [0.05, 0.1) is 5.69 Å². The Morgan fingerprint density at radius 1 is 1.05 bits per heavy atom. The zero-order valence-corrected chi connectivity index (χ0v) is 11.9. The number of hydrogen-bond donors (Lipinski definition) is 1. The Bertz CT molecular complexity index is 559. The summed E-state index contributed by atoms with van der Waals surface area (Å²) in [7, 11) is 0. The van der Waals surface area contributed by atoms with Gasteiger partial charge in [0.15, 0.2) is 0 Å². The molecule has 2 rings (SSSR count). The Labute approximate surface area is 114 Å². The third-order valence-corrected chi connectivity index (χ3v) is 3.34. The average Bonchev–Trinajstić information content (AvgIpc) is 2.43. The van der Waals surface area contributed by atoms with Crippen molar-refractivity contribution in [3.8, 4) is 11.3 Å². The van der Waals surface area contributed by atoms with Crippen LogP contribution in [0.25, 0.3) is 11.3 Å². The van der Waals surface area contributed by atoms with Crippen LogP contribution in [0.5, 0.6) is 0 Å². The second kappa shape index (κ2) is 5.83. The predicted molar refractivity (Wildman–Crippen MR) is 80.0 cm³/mol. The number of rotatable bonds is 4. The van der Waals surface area contributed by atoms with Crippen LogP contribution in [-0.4, -0.2) is 9.97 Å². The summed E-state index contributed by atoms with van der Waals surface area (Å²) in [5, 5.41) is 0. The van der Waals surface area contributed by atoms with Gasteiger partial charge in [-0.1, -0.05) is 38.1 Å². The van der Waals surface area contributed by atoms with Crippen LogP contribution < -0.4 is 5.73 Å². The molecule has 19 heavy (non-hydrogen) atoms. The van der Waals surface area contributed by atoms with E-state index in [4.69, 9.17) is 5.73 Å². The maximum atomic E-state index is 5.99. The van der Waals surface area contributed by atoms with E-state index in [2.05, 4.69) is 48.1 Å². The summed E-state index contributed by atoms with van der Waals surface area (Å²) in [6, 6.07) is 8.52. The van der Waals surface area contributed by atoms with Gasteiger partial charge in [-0.3, -0.25) is 0 Å². The first-order valence-electron chi connectivity index (χ1n) is 6.88. The Kier molecular flexibility index (Phi) is 4.15. The number of aryl methyl sites for hydroxylation is 2. The highest BCUT2D eigenvalue weighted by Crippen LogP contribution is 2.25. The number of anilines is 1. The summed E-state index contributed by atoms with van der Waals surface area (Å²) in [5.41, 5.74) is 10.4. The number of aromatic nitrogens is 2. The molecule has 0 aliphatic rings. The van der Waals surface area contributed by atoms with Crippen molar-refractivity contribution in [2.45, 2.75) is 40.0 Å². The Morgan fingerprint density at radius 3 is 2.32 bits per heavy atom. The number of nitrogens with zero attached hydrogens (tertiary/aromatic N) is 2.